The van der Waals surface area contributed by atoms with Gasteiger partial charge in [0.25, 0.3) is 0 Å². The quantitative estimate of drug-likeness (QED) is 0.496. The van der Waals surface area contributed by atoms with Crippen molar-refractivity contribution in [3.05, 3.63) is 71.8 Å². The van der Waals surface area contributed by atoms with Crippen LogP contribution in [0.25, 0.3) is 0 Å². The third-order valence-electron chi connectivity index (χ3n) is 5.80. The Hall–Kier alpha value is -3.48. The molecule has 0 aliphatic carbocycles. The number of ether oxygens (including phenoxy) is 1. The molecule has 174 valence electrons. The van der Waals surface area contributed by atoms with Crippen LogP contribution in [0, 0.1) is 0 Å². The van der Waals surface area contributed by atoms with E-state index in [0.717, 1.165) is 23.3 Å². The second-order valence-electron chi connectivity index (χ2n) is 8.08. The molecule has 2 aromatic carbocycles. The molecule has 7 heteroatoms. The lowest BCUT2D eigenvalue weighted by molar-refractivity contribution is -0.146. The van der Waals surface area contributed by atoms with Crippen LogP contribution in [-0.2, 0) is 19.1 Å². The van der Waals surface area contributed by atoms with Gasteiger partial charge < -0.3 is 15.0 Å². The summed E-state index contributed by atoms with van der Waals surface area (Å²) in [6.07, 6.45) is 1.78. The standard InChI is InChI=1S/C26H31N3O4/c1-4-21(28-23(19-12-7-5-8-13-19)20-14-9-6-10-15-20)25(31)29-17-11-16-22(29)24(30)27-18(2)26(32)33-3/h5-10,12-15,18,21-22H,4,11,16-17H2,1-3H3,(H,27,30)/t18-,21?,22-/m0/s1. The number of carbonyl (C=O) groups excluding carboxylic acids is 3. The van der Waals surface area contributed by atoms with Crippen molar-refractivity contribution in [3.8, 4) is 0 Å². The number of amides is 2. The number of rotatable bonds is 8. The monoisotopic (exact) mass is 449 g/mol. The Morgan fingerprint density at radius 2 is 1.64 bits per heavy atom. The van der Waals surface area contributed by atoms with E-state index in [1.54, 1.807) is 11.8 Å². The van der Waals surface area contributed by atoms with Gasteiger partial charge in [0.05, 0.1) is 12.8 Å². The van der Waals surface area contributed by atoms with E-state index in [-0.39, 0.29) is 11.8 Å². The van der Waals surface area contributed by atoms with E-state index in [0.29, 0.717) is 19.4 Å². The van der Waals surface area contributed by atoms with Gasteiger partial charge in [0.15, 0.2) is 0 Å². The Morgan fingerprint density at radius 3 is 2.15 bits per heavy atom. The van der Waals surface area contributed by atoms with Crippen LogP contribution in [0.2, 0.25) is 0 Å². The Labute approximate surface area is 194 Å². The molecule has 3 atom stereocenters. The van der Waals surface area contributed by atoms with Crippen LogP contribution < -0.4 is 5.32 Å². The lowest BCUT2D eigenvalue weighted by Gasteiger charge is -2.27. The maximum atomic E-state index is 13.5. The molecule has 1 saturated heterocycles. The van der Waals surface area contributed by atoms with Gasteiger partial charge in [0, 0.05) is 17.7 Å². The average Bonchev–Trinajstić information content (AvgIpc) is 3.35. The third kappa shape index (κ3) is 5.86. The fourth-order valence-corrected chi connectivity index (χ4v) is 4.02. The van der Waals surface area contributed by atoms with Crippen molar-refractivity contribution >= 4 is 23.5 Å². The van der Waals surface area contributed by atoms with Crippen LogP contribution >= 0.6 is 0 Å². The zero-order chi connectivity index (χ0) is 23.8. The summed E-state index contributed by atoms with van der Waals surface area (Å²) in [6.45, 7) is 3.97. The van der Waals surface area contributed by atoms with E-state index in [1.165, 1.54) is 7.11 Å². The molecule has 7 nitrogen and oxygen atoms in total. The molecule has 1 aliphatic rings. The molecule has 1 heterocycles. The number of nitrogens with one attached hydrogen (secondary N) is 1. The Balaban J connectivity index is 1.86. The molecular weight excluding hydrogens is 418 g/mol. The fourth-order valence-electron chi connectivity index (χ4n) is 4.02. The molecule has 1 N–H and O–H groups in total. The van der Waals surface area contributed by atoms with Gasteiger partial charge in [0.1, 0.15) is 18.1 Å². The van der Waals surface area contributed by atoms with Crippen molar-refractivity contribution in [1.82, 2.24) is 10.2 Å². The van der Waals surface area contributed by atoms with E-state index in [1.807, 2.05) is 67.6 Å². The number of esters is 1. The average molecular weight is 450 g/mol. The SMILES string of the molecule is CCC(N=C(c1ccccc1)c1ccccc1)C(=O)N1CCC[C@H]1C(=O)N[C@@H](C)C(=O)OC. The number of likely N-dealkylation sites (tertiary alicyclic amines) is 1. The summed E-state index contributed by atoms with van der Waals surface area (Å²) in [5, 5.41) is 2.66. The molecule has 3 rings (SSSR count). The normalized spacial score (nSPS) is 17.1. The van der Waals surface area contributed by atoms with Crippen LogP contribution in [0.3, 0.4) is 0 Å². The van der Waals surface area contributed by atoms with Gasteiger partial charge in [-0.25, -0.2) is 4.79 Å². The summed E-state index contributed by atoms with van der Waals surface area (Å²) in [4.78, 5) is 44.5. The van der Waals surface area contributed by atoms with Crippen molar-refractivity contribution in [2.75, 3.05) is 13.7 Å². The summed E-state index contributed by atoms with van der Waals surface area (Å²) in [6, 6.07) is 17.5. The zero-order valence-corrected chi connectivity index (χ0v) is 19.4. The maximum Gasteiger partial charge on any atom is 0.328 e. The highest BCUT2D eigenvalue weighted by Crippen LogP contribution is 2.22. The van der Waals surface area contributed by atoms with Crippen molar-refractivity contribution < 1.29 is 19.1 Å². The number of carbonyl (C=O) groups is 3. The molecule has 33 heavy (non-hydrogen) atoms. The fraction of sp³-hybridized carbons (Fsp3) is 0.385. The lowest BCUT2D eigenvalue weighted by atomic mass is 10.0. The zero-order valence-electron chi connectivity index (χ0n) is 19.4. The summed E-state index contributed by atoms with van der Waals surface area (Å²) < 4.78 is 4.68. The molecule has 0 spiro atoms. The molecule has 1 aliphatic heterocycles. The Bertz CT molecular complexity index is 950. The summed E-state index contributed by atoms with van der Waals surface area (Å²) in [5.41, 5.74) is 2.60. The lowest BCUT2D eigenvalue weighted by Crippen LogP contribution is -2.52. The van der Waals surface area contributed by atoms with Crippen molar-refractivity contribution in [1.29, 1.82) is 0 Å². The minimum atomic E-state index is -0.775. The van der Waals surface area contributed by atoms with Crippen molar-refractivity contribution in [3.63, 3.8) is 0 Å². The molecule has 1 fully saturated rings. The maximum absolute atomic E-state index is 13.5. The number of nitrogens with zero attached hydrogens (tertiary/aromatic N) is 2. The van der Waals surface area contributed by atoms with Crippen LogP contribution in [0.1, 0.15) is 44.2 Å². The number of hydrogen-bond donors (Lipinski definition) is 1. The number of benzene rings is 2. The van der Waals surface area contributed by atoms with Crippen molar-refractivity contribution in [2.45, 2.75) is 51.2 Å². The highest BCUT2D eigenvalue weighted by atomic mass is 16.5. The number of methoxy groups -OCH3 is 1. The van der Waals surface area contributed by atoms with Gasteiger partial charge in [-0.2, -0.15) is 0 Å². The minimum Gasteiger partial charge on any atom is -0.467 e. The first kappa shape index (κ1) is 24.2. The van der Waals surface area contributed by atoms with E-state index in [4.69, 9.17) is 4.99 Å². The van der Waals surface area contributed by atoms with E-state index >= 15 is 0 Å². The van der Waals surface area contributed by atoms with E-state index in [9.17, 15) is 14.4 Å². The minimum absolute atomic E-state index is 0.176. The van der Waals surface area contributed by atoms with Crippen molar-refractivity contribution in [2.24, 2.45) is 4.99 Å². The molecule has 0 aromatic heterocycles. The Morgan fingerprint density at radius 1 is 1.06 bits per heavy atom. The molecule has 1 unspecified atom stereocenters. The first-order valence-corrected chi connectivity index (χ1v) is 11.3. The smallest absolute Gasteiger partial charge is 0.328 e. The highest BCUT2D eigenvalue weighted by Gasteiger charge is 2.37. The molecule has 0 saturated carbocycles. The number of aliphatic imine (C=N–C) groups is 1. The van der Waals surface area contributed by atoms with Crippen LogP contribution in [0.4, 0.5) is 0 Å². The van der Waals surface area contributed by atoms with Gasteiger partial charge in [-0.3, -0.25) is 14.6 Å². The topological polar surface area (TPSA) is 88.1 Å². The molecular formula is C26H31N3O4. The summed E-state index contributed by atoms with van der Waals surface area (Å²) in [5.74, 6) is -1.04. The highest BCUT2D eigenvalue weighted by molar-refractivity contribution is 6.13. The largest absolute Gasteiger partial charge is 0.467 e. The number of hydrogen-bond acceptors (Lipinski definition) is 5. The molecule has 2 aromatic rings. The van der Waals surface area contributed by atoms with Gasteiger partial charge in [-0.1, -0.05) is 67.6 Å². The molecule has 0 radical (unpaired) electrons. The van der Waals surface area contributed by atoms with E-state index < -0.39 is 24.1 Å². The predicted molar refractivity (Wildman–Crippen MR) is 127 cm³/mol. The summed E-state index contributed by atoms with van der Waals surface area (Å²) >= 11 is 0. The third-order valence-corrected chi connectivity index (χ3v) is 5.80. The van der Waals surface area contributed by atoms with Crippen LogP contribution in [0.15, 0.2) is 65.7 Å². The van der Waals surface area contributed by atoms with Crippen LogP contribution in [0.5, 0.6) is 0 Å². The van der Waals surface area contributed by atoms with Gasteiger partial charge in [0.2, 0.25) is 11.8 Å². The Kier molecular flexibility index (Phi) is 8.35. The first-order chi connectivity index (χ1) is 16.0. The predicted octanol–water partition coefficient (Wildman–Crippen LogP) is 2.97. The van der Waals surface area contributed by atoms with Crippen LogP contribution in [-0.4, -0.2) is 60.2 Å². The summed E-state index contributed by atoms with van der Waals surface area (Å²) in [7, 11) is 1.28. The van der Waals surface area contributed by atoms with Gasteiger partial charge >= 0.3 is 5.97 Å². The van der Waals surface area contributed by atoms with Gasteiger partial charge in [-0.05, 0) is 26.2 Å². The molecule has 2 amide bonds. The second-order valence-corrected chi connectivity index (χ2v) is 8.08. The van der Waals surface area contributed by atoms with E-state index in [2.05, 4.69) is 10.1 Å². The van der Waals surface area contributed by atoms with Gasteiger partial charge in [-0.15, -0.1) is 0 Å². The first-order valence-electron chi connectivity index (χ1n) is 11.3. The molecule has 0 bridgehead atoms. The second kappa shape index (κ2) is 11.4.